The Bertz CT molecular complexity index is 2340. The molecule has 232 valence electrons. The number of rotatable bonds is 4. The van der Waals surface area contributed by atoms with Crippen LogP contribution in [0.4, 0.5) is 17.6 Å². The van der Waals surface area contributed by atoms with E-state index in [4.69, 9.17) is 10.8 Å². The van der Waals surface area contributed by atoms with Crippen LogP contribution in [-0.2, 0) is 0 Å². The molecule has 4 heterocycles. The SMILES string of the molecule is NC(=O)c1ccnc2c1ccn2C1c2ccccc2-c2c(-c3nc4c(F)c(F)c(F)c(F)c4[nH]3)cccc21.O=C(O)c1ccncc1. The van der Waals surface area contributed by atoms with E-state index in [1.54, 1.807) is 24.3 Å². The smallest absolute Gasteiger partial charge is 0.335 e. The molecule has 0 saturated carbocycles. The number of carbonyl (C=O) groups excluding carboxylic acids is 1. The van der Waals surface area contributed by atoms with Gasteiger partial charge in [0.2, 0.25) is 5.91 Å². The first-order chi connectivity index (χ1) is 22.7. The van der Waals surface area contributed by atoms with Crippen LogP contribution >= 0.6 is 0 Å². The molecule has 0 spiro atoms. The van der Waals surface area contributed by atoms with Crippen LogP contribution in [0.5, 0.6) is 0 Å². The lowest BCUT2D eigenvalue weighted by molar-refractivity contribution is 0.0696. The molecule has 13 heteroatoms. The van der Waals surface area contributed by atoms with Gasteiger partial charge in [0.1, 0.15) is 22.5 Å². The van der Waals surface area contributed by atoms with Gasteiger partial charge in [0.25, 0.3) is 0 Å². The van der Waals surface area contributed by atoms with Gasteiger partial charge in [-0.3, -0.25) is 9.78 Å². The minimum Gasteiger partial charge on any atom is -0.478 e. The number of aromatic nitrogens is 5. The van der Waals surface area contributed by atoms with E-state index in [9.17, 15) is 27.2 Å². The highest BCUT2D eigenvalue weighted by Crippen LogP contribution is 2.50. The number of nitrogens with zero attached hydrogens (tertiary/aromatic N) is 4. The lowest BCUT2D eigenvalue weighted by Gasteiger charge is -2.17. The number of imidazole rings is 1. The zero-order valence-electron chi connectivity index (χ0n) is 23.9. The molecule has 4 N–H and O–H groups in total. The second kappa shape index (κ2) is 11.2. The summed E-state index contributed by atoms with van der Waals surface area (Å²) in [5, 5.41) is 8.96. The molecule has 0 aliphatic heterocycles. The molecule has 1 atom stereocenters. The number of hydrogen-bond donors (Lipinski definition) is 3. The Balaban J connectivity index is 0.000000340. The lowest BCUT2D eigenvalue weighted by atomic mass is 9.99. The number of carboxylic acids is 1. The van der Waals surface area contributed by atoms with E-state index in [0.717, 1.165) is 22.3 Å². The van der Waals surface area contributed by atoms with Gasteiger partial charge in [-0.15, -0.1) is 0 Å². The van der Waals surface area contributed by atoms with Gasteiger partial charge in [-0.05, 0) is 46.5 Å². The summed E-state index contributed by atoms with van der Waals surface area (Å²) in [6, 6.07) is 18.9. The van der Waals surface area contributed by atoms with Crippen molar-refractivity contribution in [3.8, 4) is 22.5 Å². The number of primary amides is 1. The molecule has 1 aliphatic rings. The zero-order valence-corrected chi connectivity index (χ0v) is 23.9. The molecule has 9 nitrogen and oxygen atoms in total. The number of aromatic carboxylic acids is 1. The number of carboxylic acid groups (broad SMARTS) is 1. The summed E-state index contributed by atoms with van der Waals surface area (Å²) in [6.07, 6.45) is 6.24. The highest BCUT2D eigenvalue weighted by atomic mass is 19.2. The van der Waals surface area contributed by atoms with Crippen molar-refractivity contribution in [1.82, 2.24) is 24.5 Å². The summed E-state index contributed by atoms with van der Waals surface area (Å²) in [5.41, 5.74) is 9.38. The molecule has 1 aliphatic carbocycles. The van der Waals surface area contributed by atoms with Crippen LogP contribution in [0.1, 0.15) is 37.9 Å². The molecule has 47 heavy (non-hydrogen) atoms. The molecule has 3 aromatic carbocycles. The third kappa shape index (κ3) is 4.67. The van der Waals surface area contributed by atoms with Gasteiger partial charge in [-0.25, -0.2) is 32.3 Å². The van der Waals surface area contributed by atoms with Crippen LogP contribution in [0.15, 0.2) is 91.5 Å². The van der Waals surface area contributed by atoms with Crippen molar-refractivity contribution >= 4 is 33.9 Å². The number of carbonyl (C=O) groups is 2. The minimum atomic E-state index is -1.92. The Morgan fingerprint density at radius 3 is 2.23 bits per heavy atom. The number of hydrogen-bond acceptors (Lipinski definition) is 5. The van der Waals surface area contributed by atoms with Crippen LogP contribution in [0.25, 0.3) is 44.6 Å². The predicted molar refractivity (Wildman–Crippen MR) is 163 cm³/mol. The van der Waals surface area contributed by atoms with E-state index < -0.39 is 46.2 Å². The van der Waals surface area contributed by atoms with Crippen molar-refractivity contribution in [3.63, 3.8) is 0 Å². The predicted octanol–water partition coefficient (Wildman–Crippen LogP) is 6.63. The fraction of sp³-hybridized carbons (Fsp3) is 0.0294. The number of nitrogens with one attached hydrogen (secondary N) is 1. The third-order valence-electron chi connectivity index (χ3n) is 7.97. The number of fused-ring (bicyclic) bond motifs is 5. The first-order valence-electron chi connectivity index (χ1n) is 14.0. The van der Waals surface area contributed by atoms with Crippen LogP contribution in [0, 0.1) is 23.3 Å². The van der Waals surface area contributed by atoms with Gasteiger partial charge < -0.3 is 20.4 Å². The van der Waals surface area contributed by atoms with Crippen LogP contribution < -0.4 is 5.73 Å². The largest absolute Gasteiger partial charge is 0.478 e. The first kappa shape index (κ1) is 29.3. The number of pyridine rings is 2. The Morgan fingerprint density at radius 2 is 1.51 bits per heavy atom. The molecule has 0 fully saturated rings. The monoisotopic (exact) mass is 636 g/mol. The minimum absolute atomic E-state index is 0.0570. The number of halogens is 4. The number of aromatic amines is 1. The summed E-state index contributed by atoms with van der Waals surface area (Å²) < 4.78 is 58.6. The van der Waals surface area contributed by atoms with Crippen molar-refractivity contribution in [2.24, 2.45) is 5.73 Å². The average Bonchev–Trinajstić information content (AvgIpc) is 3.81. The summed E-state index contributed by atoms with van der Waals surface area (Å²) in [7, 11) is 0. The Kier molecular flexibility index (Phi) is 7.00. The van der Waals surface area contributed by atoms with E-state index in [1.807, 2.05) is 41.1 Å². The van der Waals surface area contributed by atoms with E-state index >= 15 is 0 Å². The molecule has 0 saturated heterocycles. The molecular formula is C34H20F4N6O3. The molecule has 4 aromatic heterocycles. The number of H-pyrrole nitrogens is 1. The maximum atomic E-state index is 14.5. The number of amides is 1. The standard InChI is InChI=1S/C28H15F4N5O.C6H5NO2/c29-19-20(30)22(32)24-23(21(19)31)35-27(36-24)17-7-3-6-16-18(17)12-4-1-2-5-13(12)25(16)37-11-9-15-14(26(33)38)8-10-34-28(15)37;8-6(9)5-1-3-7-4-2-5/h1-11,25H,(H2,33,38)(H,35,36);1-4H,(H,8,9). The lowest BCUT2D eigenvalue weighted by Crippen LogP contribution is -2.12. The van der Waals surface area contributed by atoms with Gasteiger partial charge in [0.05, 0.1) is 17.2 Å². The zero-order chi connectivity index (χ0) is 33.0. The first-order valence-corrected chi connectivity index (χ1v) is 14.0. The molecule has 7 aromatic rings. The number of benzene rings is 3. The second-order valence-corrected chi connectivity index (χ2v) is 10.5. The summed E-state index contributed by atoms with van der Waals surface area (Å²) >= 11 is 0. The quantitative estimate of drug-likeness (QED) is 0.113. The fourth-order valence-corrected chi connectivity index (χ4v) is 5.93. The normalized spacial score (nSPS) is 13.2. The molecule has 1 unspecified atom stereocenters. The molecule has 1 amide bonds. The topological polar surface area (TPSA) is 140 Å². The van der Waals surface area contributed by atoms with Crippen LogP contribution in [0.3, 0.4) is 0 Å². The van der Waals surface area contributed by atoms with Crippen LogP contribution in [0.2, 0.25) is 0 Å². The Morgan fingerprint density at radius 1 is 0.809 bits per heavy atom. The highest BCUT2D eigenvalue weighted by molar-refractivity contribution is 6.05. The maximum Gasteiger partial charge on any atom is 0.335 e. The molecule has 0 bridgehead atoms. The van der Waals surface area contributed by atoms with Crippen molar-refractivity contribution in [2.75, 3.05) is 0 Å². The fourth-order valence-electron chi connectivity index (χ4n) is 5.93. The molecular weight excluding hydrogens is 616 g/mol. The van der Waals surface area contributed by atoms with Gasteiger partial charge in [-0.1, -0.05) is 42.5 Å². The highest BCUT2D eigenvalue weighted by Gasteiger charge is 2.34. The summed E-state index contributed by atoms with van der Waals surface area (Å²) in [4.78, 5) is 37.1. The Labute approximate surface area is 262 Å². The third-order valence-corrected chi connectivity index (χ3v) is 7.97. The van der Waals surface area contributed by atoms with E-state index in [1.165, 1.54) is 30.7 Å². The maximum absolute atomic E-state index is 14.5. The molecule has 0 radical (unpaired) electrons. The summed E-state index contributed by atoms with van der Waals surface area (Å²) in [5.74, 6) is -8.36. The van der Waals surface area contributed by atoms with Crippen molar-refractivity contribution < 1.29 is 32.3 Å². The van der Waals surface area contributed by atoms with Crippen LogP contribution in [-0.4, -0.2) is 41.5 Å². The van der Waals surface area contributed by atoms with Crippen molar-refractivity contribution in [1.29, 1.82) is 0 Å². The van der Waals surface area contributed by atoms with Gasteiger partial charge in [0.15, 0.2) is 23.3 Å². The Hall–Kier alpha value is -6.37. The van der Waals surface area contributed by atoms with Gasteiger partial charge >= 0.3 is 5.97 Å². The molecule has 8 rings (SSSR count). The van der Waals surface area contributed by atoms with Crippen molar-refractivity contribution in [3.05, 3.63) is 137 Å². The van der Waals surface area contributed by atoms with Gasteiger partial charge in [0, 0.05) is 35.7 Å². The average molecular weight is 637 g/mol. The summed E-state index contributed by atoms with van der Waals surface area (Å²) in [6.45, 7) is 0. The number of nitrogens with two attached hydrogens (primary N) is 1. The van der Waals surface area contributed by atoms with Crippen molar-refractivity contribution in [2.45, 2.75) is 6.04 Å². The second-order valence-electron chi connectivity index (χ2n) is 10.5. The van der Waals surface area contributed by atoms with E-state index in [0.29, 0.717) is 22.2 Å². The van der Waals surface area contributed by atoms with E-state index in [2.05, 4.69) is 19.9 Å². The van der Waals surface area contributed by atoms with E-state index in [-0.39, 0.29) is 17.4 Å². The van der Waals surface area contributed by atoms with Gasteiger partial charge in [-0.2, -0.15) is 0 Å².